The van der Waals surface area contributed by atoms with Gasteiger partial charge in [-0.15, -0.1) is 0 Å². The van der Waals surface area contributed by atoms with Gasteiger partial charge in [0.15, 0.2) is 0 Å². The zero-order chi connectivity index (χ0) is 10.6. The van der Waals surface area contributed by atoms with Crippen LogP contribution in [0.5, 0.6) is 0 Å². The van der Waals surface area contributed by atoms with Gasteiger partial charge in [-0.05, 0) is 26.7 Å². The fourth-order valence-corrected chi connectivity index (χ4v) is 1.57. The van der Waals surface area contributed by atoms with Crippen LogP contribution in [0.1, 0.15) is 26.7 Å². The van der Waals surface area contributed by atoms with Crippen LogP contribution in [0, 0.1) is 0 Å². The van der Waals surface area contributed by atoms with Gasteiger partial charge in [0.25, 0.3) is 0 Å². The van der Waals surface area contributed by atoms with Crippen molar-refractivity contribution in [1.82, 2.24) is 4.90 Å². The standard InChI is InChI=1S/C10H20N2O2/c1-8(2)14-7-10(13)12-5-3-4-9(11)6-12/h8-9H,3-7,11H2,1-2H3/t9-/m1/s1. The molecule has 0 aliphatic carbocycles. The van der Waals surface area contributed by atoms with E-state index in [0.29, 0.717) is 6.54 Å². The van der Waals surface area contributed by atoms with E-state index in [0.717, 1.165) is 19.4 Å². The van der Waals surface area contributed by atoms with E-state index in [1.807, 2.05) is 13.8 Å². The van der Waals surface area contributed by atoms with Gasteiger partial charge in [0, 0.05) is 19.1 Å². The lowest BCUT2D eigenvalue weighted by atomic mass is 10.1. The van der Waals surface area contributed by atoms with Gasteiger partial charge in [0.1, 0.15) is 6.61 Å². The molecular formula is C10H20N2O2. The molecule has 1 fully saturated rings. The third kappa shape index (κ3) is 3.64. The van der Waals surface area contributed by atoms with E-state index in [-0.39, 0.29) is 24.7 Å². The fraction of sp³-hybridized carbons (Fsp3) is 0.900. The molecule has 0 saturated carbocycles. The first-order valence-corrected chi connectivity index (χ1v) is 5.24. The third-order valence-corrected chi connectivity index (χ3v) is 2.35. The second kappa shape index (κ2) is 5.32. The van der Waals surface area contributed by atoms with Gasteiger partial charge in [-0.25, -0.2) is 0 Å². The average molecular weight is 200 g/mol. The van der Waals surface area contributed by atoms with E-state index in [1.165, 1.54) is 0 Å². The van der Waals surface area contributed by atoms with Crippen LogP contribution >= 0.6 is 0 Å². The predicted molar refractivity (Wildman–Crippen MR) is 54.9 cm³/mol. The monoisotopic (exact) mass is 200 g/mol. The molecule has 1 heterocycles. The molecule has 1 saturated heterocycles. The number of nitrogens with two attached hydrogens (primary N) is 1. The van der Waals surface area contributed by atoms with Crippen molar-refractivity contribution in [3.63, 3.8) is 0 Å². The first-order chi connectivity index (χ1) is 6.59. The highest BCUT2D eigenvalue weighted by atomic mass is 16.5. The molecule has 1 atom stereocenters. The SMILES string of the molecule is CC(C)OCC(=O)N1CCC[C@@H](N)C1. The lowest BCUT2D eigenvalue weighted by molar-refractivity contribution is -0.138. The molecule has 14 heavy (non-hydrogen) atoms. The molecule has 0 aromatic carbocycles. The summed E-state index contributed by atoms with van der Waals surface area (Å²) < 4.78 is 5.26. The van der Waals surface area contributed by atoms with Crippen molar-refractivity contribution in [3.05, 3.63) is 0 Å². The molecule has 0 unspecified atom stereocenters. The summed E-state index contributed by atoms with van der Waals surface area (Å²) in [4.78, 5) is 13.4. The van der Waals surface area contributed by atoms with E-state index in [1.54, 1.807) is 4.90 Å². The summed E-state index contributed by atoms with van der Waals surface area (Å²) in [6.45, 7) is 5.54. The maximum Gasteiger partial charge on any atom is 0.248 e. The van der Waals surface area contributed by atoms with Crippen molar-refractivity contribution in [3.8, 4) is 0 Å². The smallest absolute Gasteiger partial charge is 0.248 e. The summed E-state index contributed by atoms with van der Waals surface area (Å²) >= 11 is 0. The second-order valence-corrected chi connectivity index (χ2v) is 4.10. The summed E-state index contributed by atoms with van der Waals surface area (Å²) in [6.07, 6.45) is 2.14. The topological polar surface area (TPSA) is 55.6 Å². The Morgan fingerprint density at radius 2 is 2.36 bits per heavy atom. The largest absolute Gasteiger partial charge is 0.369 e. The highest BCUT2D eigenvalue weighted by molar-refractivity contribution is 5.77. The number of carbonyl (C=O) groups excluding carboxylic acids is 1. The number of amides is 1. The van der Waals surface area contributed by atoms with Gasteiger partial charge in [0.05, 0.1) is 6.10 Å². The Labute approximate surface area is 85.4 Å². The highest BCUT2D eigenvalue weighted by Gasteiger charge is 2.21. The summed E-state index contributed by atoms with van der Waals surface area (Å²) in [5.74, 6) is 0.0638. The first-order valence-electron chi connectivity index (χ1n) is 5.24. The van der Waals surface area contributed by atoms with Crippen LogP contribution in [0.15, 0.2) is 0 Å². The molecule has 0 radical (unpaired) electrons. The van der Waals surface area contributed by atoms with E-state index < -0.39 is 0 Å². The Morgan fingerprint density at radius 1 is 1.64 bits per heavy atom. The second-order valence-electron chi connectivity index (χ2n) is 4.10. The maximum atomic E-state index is 11.6. The van der Waals surface area contributed by atoms with Gasteiger partial charge in [-0.1, -0.05) is 0 Å². The molecule has 82 valence electrons. The van der Waals surface area contributed by atoms with Crippen molar-refractivity contribution >= 4 is 5.91 Å². The molecule has 1 rings (SSSR count). The van der Waals surface area contributed by atoms with Gasteiger partial charge < -0.3 is 15.4 Å². The van der Waals surface area contributed by atoms with Crippen molar-refractivity contribution in [2.45, 2.75) is 38.8 Å². The van der Waals surface area contributed by atoms with Gasteiger partial charge in [-0.3, -0.25) is 4.79 Å². The minimum atomic E-state index is 0.0638. The van der Waals surface area contributed by atoms with Crippen LogP contribution in [-0.2, 0) is 9.53 Å². The molecule has 0 aromatic heterocycles. The minimum absolute atomic E-state index is 0.0638. The number of piperidine rings is 1. The molecule has 2 N–H and O–H groups in total. The molecule has 4 heteroatoms. The third-order valence-electron chi connectivity index (χ3n) is 2.35. The quantitative estimate of drug-likeness (QED) is 0.715. The Kier molecular flexibility index (Phi) is 4.35. The van der Waals surface area contributed by atoms with Crippen LogP contribution in [0.3, 0.4) is 0 Å². The number of nitrogens with zero attached hydrogens (tertiary/aromatic N) is 1. The van der Waals surface area contributed by atoms with E-state index in [9.17, 15) is 4.79 Å². The van der Waals surface area contributed by atoms with Crippen LogP contribution in [0.25, 0.3) is 0 Å². The van der Waals surface area contributed by atoms with Crippen LogP contribution in [-0.4, -0.2) is 42.6 Å². The summed E-state index contributed by atoms with van der Waals surface area (Å²) in [7, 11) is 0. The molecular weight excluding hydrogens is 180 g/mol. The van der Waals surface area contributed by atoms with Crippen molar-refractivity contribution < 1.29 is 9.53 Å². The molecule has 0 spiro atoms. The number of rotatable bonds is 3. The molecule has 0 aromatic rings. The van der Waals surface area contributed by atoms with Crippen LogP contribution in [0.4, 0.5) is 0 Å². The number of hydrogen-bond donors (Lipinski definition) is 1. The van der Waals surface area contributed by atoms with Gasteiger partial charge in [-0.2, -0.15) is 0 Å². The minimum Gasteiger partial charge on any atom is -0.369 e. The molecule has 0 bridgehead atoms. The number of hydrogen-bond acceptors (Lipinski definition) is 3. The Balaban J connectivity index is 2.29. The predicted octanol–water partition coefficient (Wildman–Crippen LogP) is 0.361. The molecule has 1 amide bonds. The van der Waals surface area contributed by atoms with Crippen molar-refractivity contribution in [2.24, 2.45) is 5.73 Å². The Bertz CT molecular complexity index is 195. The fourth-order valence-electron chi connectivity index (χ4n) is 1.57. The Morgan fingerprint density at radius 3 is 2.93 bits per heavy atom. The molecule has 1 aliphatic rings. The van der Waals surface area contributed by atoms with Gasteiger partial charge >= 0.3 is 0 Å². The van der Waals surface area contributed by atoms with Crippen LogP contribution in [0.2, 0.25) is 0 Å². The Hall–Kier alpha value is -0.610. The lowest BCUT2D eigenvalue weighted by Gasteiger charge is -2.30. The molecule has 4 nitrogen and oxygen atoms in total. The molecule has 1 aliphatic heterocycles. The summed E-state index contributed by atoms with van der Waals surface area (Å²) in [5.41, 5.74) is 5.78. The summed E-state index contributed by atoms with van der Waals surface area (Å²) in [6, 6.07) is 0.145. The maximum absolute atomic E-state index is 11.6. The zero-order valence-corrected chi connectivity index (χ0v) is 9.03. The zero-order valence-electron chi connectivity index (χ0n) is 9.03. The summed E-state index contributed by atoms with van der Waals surface area (Å²) in [5, 5.41) is 0. The van der Waals surface area contributed by atoms with Crippen LogP contribution < -0.4 is 5.73 Å². The average Bonchev–Trinajstić information content (AvgIpc) is 2.14. The van der Waals surface area contributed by atoms with Gasteiger partial charge in [0.2, 0.25) is 5.91 Å². The van der Waals surface area contributed by atoms with E-state index in [4.69, 9.17) is 10.5 Å². The lowest BCUT2D eigenvalue weighted by Crippen LogP contribution is -2.47. The van der Waals surface area contributed by atoms with E-state index >= 15 is 0 Å². The van der Waals surface area contributed by atoms with Crippen molar-refractivity contribution in [1.29, 1.82) is 0 Å². The number of ether oxygens (including phenoxy) is 1. The number of likely N-dealkylation sites (tertiary alicyclic amines) is 1. The first kappa shape index (κ1) is 11.5. The normalized spacial score (nSPS) is 22.9. The number of carbonyl (C=O) groups is 1. The van der Waals surface area contributed by atoms with Crippen molar-refractivity contribution in [2.75, 3.05) is 19.7 Å². The van der Waals surface area contributed by atoms with E-state index in [2.05, 4.69) is 0 Å². The highest BCUT2D eigenvalue weighted by Crippen LogP contribution is 2.08.